The Morgan fingerprint density at radius 3 is 2.60 bits per heavy atom. The summed E-state index contributed by atoms with van der Waals surface area (Å²) in [6.07, 6.45) is 4.13. The van der Waals surface area contributed by atoms with E-state index in [0.717, 1.165) is 12.8 Å². The Labute approximate surface area is 183 Å². The SMILES string of the molecule is O=C1NC(=O)[C@@]2(CC[C@H](C(=O)N[C@@H](c3c(F)ccc(Cl)c3Cl)C3C[C@@H]4C[C@@H]4C3)C2)N1. The van der Waals surface area contributed by atoms with Crippen molar-refractivity contribution in [3.63, 3.8) is 0 Å². The number of nitrogens with one attached hydrogen (secondary N) is 3. The fourth-order valence-corrected chi connectivity index (χ4v) is 6.11. The highest BCUT2D eigenvalue weighted by molar-refractivity contribution is 6.42. The molecule has 1 heterocycles. The fourth-order valence-electron chi connectivity index (χ4n) is 5.68. The zero-order chi connectivity index (χ0) is 21.2. The molecular weight excluding hydrogens is 432 g/mol. The average Bonchev–Trinajstić information content (AvgIpc) is 3.04. The number of halogens is 3. The first kappa shape index (κ1) is 20.1. The van der Waals surface area contributed by atoms with Gasteiger partial charge in [0.1, 0.15) is 11.4 Å². The molecule has 3 N–H and O–H groups in total. The van der Waals surface area contributed by atoms with Crippen LogP contribution in [0, 0.1) is 29.5 Å². The summed E-state index contributed by atoms with van der Waals surface area (Å²) in [4.78, 5) is 36.9. The normalized spacial score (nSPS) is 35.2. The Bertz CT molecular complexity index is 948. The van der Waals surface area contributed by atoms with Crippen LogP contribution in [0.5, 0.6) is 0 Å². The highest BCUT2D eigenvalue weighted by atomic mass is 35.5. The molecule has 0 aromatic heterocycles. The van der Waals surface area contributed by atoms with Gasteiger partial charge in [-0.2, -0.15) is 0 Å². The maximum Gasteiger partial charge on any atom is 0.322 e. The minimum atomic E-state index is -1.03. The number of carbonyl (C=O) groups is 3. The molecule has 1 aliphatic heterocycles. The second-order valence-corrected chi connectivity index (χ2v) is 9.95. The summed E-state index contributed by atoms with van der Waals surface area (Å²) in [6, 6.07) is 1.59. The lowest BCUT2D eigenvalue weighted by molar-refractivity contribution is -0.126. The van der Waals surface area contributed by atoms with Crippen LogP contribution in [-0.4, -0.2) is 23.4 Å². The van der Waals surface area contributed by atoms with E-state index in [-0.39, 0.29) is 39.8 Å². The van der Waals surface area contributed by atoms with Crippen LogP contribution in [0.25, 0.3) is 0 Å². The minimum Gasteiger partial charge on any atom is -0.349 e. The zero-order valence-corrected chi connectivity index (χ0v) is 17.7. The molecule has 0 bridgehead atoms. The molecule has 5 rings (SSSR count). The van der Waals surface area contributed by atoms with Crippen LogP contribution >= 0.6 is 23.2 Å². The summed E-state index contributed by atoms with van der Waals surface area (Å²) in [5.41, 5.74) is -0.786. The van der Waals surface area contributed by atoms with Gasteiger partial charge in [-0.25, -0.2) is 9.18 Å². The molecule has 4 fully saturated rings. The quantitative estimate of drug-likeness (QED) is 0.479. The van der Waals surface area contributed by atoms with Crippen molar-refractivity contribution >= 4 is 41.0 Å². The van der Waals surface area contributed by atoms with E-state index in [1.54, 1.807) is 0 Å². The minimum absolute atomic E-state index is 0.0908. The van der Waals surface area contributed by atoms with Crippen molar-refractivity contribution in [3.05, 3.63) is 33.6 Å². The summed E-state index contributed by atoms with van der Waals surface area (Å²) in [7, 11) is 0. The highest BCUT2D eigenvalue weighted by Gasteiger charge is 2.53. The predicted molar refractivity (Wildman–Crippen MR) is 108 cm³/mol. The molecule has 6 atom stereocenters. The van der Waals surface area contributed by atoms with Crippen LogP contribution in [0.2, 0.25) is 10.0 Å². The molecule has 3 saturated carbocycles. The Kier molecular flexibility index (Phi) is 4.74. The van der Waals surface area contributed by atoms with Crippen molar-refractivity contribution in [2.45, 2.75) is 50.1 Å². The molecule has 4 aliphatic rings. The van der Waals surface area contributed by atoms with E-state index in [1.165, 1.54) is 18.6 Å². The molecule has 30 heavy (non-hydrogen) atoms. The van der Waals surface area contributed by atoms with E-state index in [2.05, 4.69) is 16.0 Å². The van der Waals surface area contributed by atoms with Crippen molar-refractivity contribution in [2.75, 3.05) is 0 Å². The van der Waals surface area contributed by atoms with Crippen LogP contribution in [0.1, 0.15) is 50.1 Å². The van der Waals surface area contributed by atoms with Gasteiger partial charge in [0.25, 0.3) is 5.91 Å². The number of hydrogen-bond acceptors (Lipinski definition) is 3. The summed E-state index contributed by atoms with van der Waals surface area (Å²) < 4.78 is 14.8. The highest BCUT2D eigenvalue weighted by Crippen LogP contribution is 2.58. The Balaban J connectivity index is 1.38. The van der Waals surface area contributed by atoms with Gasteiger partial charge in [-0.3, -0.25) is 14.9 Å². The second-order valence-electron chi connectivity index (χ2n) is 9.16. The summed E-state index contributed by atoms with van der Waals surface area (Å²) in [5, 5.41) is 8.33. The third-order valence-corrected chi connectivity index (χ3v) is 8.16. The van der Waals surface area contributed by atoms with Crippen molar-refractivity contribution in [1.82, 2.24) is 16.0 Å². The molecule has 1 aromatic carbocycles. The number of rotatable bonds is 4. The summed E-state index contributed by atoms with van der Waals surface area (Å²) >= 11 is 12.5. The molecule has 1 spiro atoms. The molecule has 160 valence electrons. The van der Waals surface area contributed by atoms with E-state index in [1.807, 2.05) is 0 Å². The molecule has 0 radical (unpaired) electrons. The van der Waals surface area contributed by atoms with Crippen molar-refractivity contribution in [3.8, 4) is 0 Å². The second kappa shape index (κ2) is 7.09. The molecule has 1 saturated heterocycles. The molecule has 3 aliphatic carbocycles. The lowest BCUT2D eigenvalue weighted by Crippen LogP contribution is -2.45. The number of benzene rings is 1. The summed E-state index contributed by atoms with van der Waals surface area (Å²) in [6.45, 7) is 0. The van der Waals surface area contributed by atoms with Gasteiger partial charge in [0, 0.05) is 11.5 Å². The number of fused-ring (bicyclic) bond motifs is 1. The molecule has 4 amide bonds. The lowest BCUT2D eigenvalue weighted by Gasteiger charge is -2.29. The third kappa shape index (κ3) is 3.26. The Morgan fingerprint density at radius 1 is 1.20 bits per heavy atom. The maximum atomic E-state index is 14.8. The zero-order valence-electron chi connectivity index (χ0n) is 16.1. The van der Waals surface area contributed by atoms with Crippen LogP contribution in [0.3, 0.4) is 0 Å². The third-order valence-electron chi connectivity index (χ3n) is 7.34. The number of amides is 4. The first-order valence-corrected chi connectivity index (χ1v) is 11.1. The van der Waals surface area contributed by atoms with Gasteiger partial charge in [-0.15, -0.1) is 0 Å². The van der Waals surface area contributed by atoms with Crippen LogP contribution in [0.15, 0.2) is 12.1 Å². The van der Waals surface area contributed by atoms with Crippen LogP contribution in [0.4, 0.5) is 9.18 Å². The first-order valence-electron chi connectivity index (χ1n) is 10.3. The van der Waals surface area contributed by atoms with E-state index in [0.29, 0.717) is 24.7 Å². The Hall–Kier alpha value is -1.86. The van der Waals surface area contributed by atoms with E-state index < -0.39 is 29.3 Å². The van der Waals surface area contributed by atoms with Gasteiger partial charge >= 0.3 is 6.03 Å². The smallest absolute Gasteiger partial charge is 0.322 e. The molecular formula is C21H22Cl2FN3O3. The summed E-state index contributed by atoms with van der Waals surface area (Å²) in [5.74, 6) is -0.201. The van der Waals surface area contributed by atoms with Gasteiger partial charge in [0.2, 0.25) is 5.91 Å². The average molecular weight is 454 g/mol. The van der Waals surface area contributed by atoms with Crippen LogP contribution < -0.4 is 16.0 Å². The monoisotopic (exact) mass is 453 g/mol. The largest absolute Gasteiger partial charge is 0.349 e. The maximum absolute atomic E-state index is 14.8. The van der Waals surface area contributed by atoms with Crippen molar-refractivity contribution < 1.29 is 18.8 Å². The number of imide groups is 1. The molecule has 1 aromatic rings. The first-order chi connectivity index (χ1) is 14.3. The van der Waals surface area contributed by atoms with Crippen molar-refractivity contribution in [2.24, 2.45) is 23.7 Å². The Morgan fingerprint density at radius 2 is 1.93 bits per heavy atom. The molecule has 1 unspecified atom stereocenters. The van der Waals surface area contributed by atoms with Gasteiger partial charge in [-0.1, -0.05) is 23.2 Å². The van der Waals surface area contributed by atoms with Crippen LogP contribution in [-0.2, 0) is 9.59 Å². The number of carbonyl (C=O) groups excluding carboxylic acids is 3. The lowest BCUT2D eigenvalue weighted by atomic mass is 9.88. The number of urea groups is 1. The molecule has 6 nitrogen and oxygen atoms in total. The molecule has 9 heteroatoms. The van der Waals surface area contributed by atoms with Gasteiger partial charge in [0.15, 0.2) is 0 Å². The fraction of sp³-hybridized carbons (Fsp3) is 0.571. The van der Waals surface area contributed by atoms with E-state index in [9.17, 15) is 18.8 Å². The van der Waals surface area contributed by atoms with Gasteiger partial charge in [0.05, 0.1) is 16.1 Å². The predicted octanol–water partition coefficient (Wildman–Crippen LogP) is 3.71. The van der Waals surface area contributed by atoms with Crippen molar-refractivity contribution in [1.29, 1.82) is 0 Å². The van der Waals surface area contributed by atoms with Gasteiger partial charge in [-0.05, 0) is 68.4 Å². The standard InChI is InChI=1S/C21H22Cl2FN3O3/c22-13-1-2-14(24)15(16(13)23)17(12-6-10-5-11(10)7-12)25-18(28)9-3-4-21(8-9)19(29)26-20(30)27-21/h1-2,9-12,17H,3-8H2,(H,25,28)(H2,26,27,29,30)/t9-,10-,11+,12?,17+,21-/m0/s1. The van der Waals surface area contributed by atoms with E-state index in [4.69, 9.17) is 23.2 Å². The van der Waals surface area contributed by atoms with Gasteiger partial charge < -0.3 is 10.6 Å². The topological polar surface area (TPSA) is 87.3 Å². The van der Waals surface area contributed by atoms with E-state index >= 15 is 0 Å². The number of hydrogen-bond donors (Lipinski definition) is 3.